The molecule has 0 aliphatic carbocycles. The summed E-state index contributed by atoms with van der Waals surface area (Å²) >= 11 is 0. The molecule has 0 saturated heterocycles. The van der Waals surface area contributed by atoms with E-state index in [-0.39, 0.29) is 10.8 Å². The molecular formula is C35H46N4+2. The van der Waals surface area contributed by atoms with Gasteiger partial charge in [0.05, 0.1) is 39.2 Å². The maximum absolute atomic E-state index is 2.38. The van der Waals surface area contributed by atoms with Crippen LogP contribution in [0.5, 0.6) is 0 Å². The van der Waals surface area contributed by atoms with E-state index in [1.54, 1.807) is 0 Å². The zero-order valence-electron chi connectivity index (χ0n) is 26.3. The van der Waals surface area contributed by atoms with Crippen LogP contribution in [0.1, 0.15) is 69.6 Å². The van der Waals surface area contributed by atoms with Crippen molar-refractivity contribution in [2.75, 3.05) is 0 Å². The van der Waals surface area contributed by atoms with Gasteiger partial charge >= 0.3 is 0 Å². The Morgan fingerprint density at radius 1 is 0.615 bits per heavy atom. The van der Waals surface area contributed by atoms with Crippen molar-refractivity contribution in [2.24, 2.45) is 28.2 Å². The lowest BCUT2D eigenvalue weighted by Crippen LogP contribution is -2.39. The zero-order valence-corrected chi connectivity index (χ0v) is 26.3. The number of imidazole rings is 2. The van der Waals surface area contributed by atoms with Crippen LogP contribution in [0.2, 0.25) is 0 Å². The summed E-state index contributed by atoms with van der Waals surface area (Å²) in [5.74, 6) is 2.57. The van der Waals surface area contributed by atoms with E-state index in [2.05, 4.69) is 151 Å². The molecule has 0 bridgehead atoms. The average Bonchev–Trinajstić information content (AvgIpc) is 3.22. The molecule has 3 aromatic carbocycles. The first-order valence-electron chi connectivity index (χ1n) is 14.1. The van der Waals surface area contributed by atoms with Crippen LogP contribution >= 0.6 is 0 Å². The van der Waals surface area contributed by atoms with Gasteiger partial charge in [-0.25, -0.2) is 18.3 Å². The number of benzene rings is 3. The van der Waals surface area contributed by atoms with Gasteiger partial charge in [-0.2, -0.15) is 0 Å². The molecular weight excluding hydrogens is 476 g/mol. The van der Waals surface area contributed by atoms with Gasteiger partial charge in [-0.3, -0.25) is 0 Å². The lowest BCUT2D eigenvalue weighted by atomic mass is 9.78. The molecule has 0 aliphatic rings. The molecule has 4 heteroatoms. The number of aryl methyl sites for hydroxylation is 6. The monoisotopic (exact) mass is 522 g/mol. The third-order valence-corrected chi connectivity index (χ3v) is 8.62. The highest BCUT2D eigenvalue weighted by atomic mass is 15.2. The molecule has 0 unspecified atom stereocenters. The lowest BCUT2D eigenvalue weighted by Gasteiger charge is -2.26. The normalized spacial score (nSPS) is 12.7. The largest absolute Gasteiger partial charge is 0.289 e. The summed E-state index contributed by atoms with van der Waals surface area (Å²) in [4.78, 5) is 0. The Labute approximate surface area is 234 Å². The van der Waals surface area contributed by atoms with Crippen molar-refractivity contribution < 1.29 is 9.13 Å². The highest BCUT2D eigenvalue weighted by Crippen LogP contribution is 2.38. The molecule has 0 atom stereocenters. The highest BCUT2D eigenvalue weighted by Gasteiger charge is 2.32. The quantitative estimate of drug-likeness (QED) is 0.219. The molecule has 0 aliphatic heterocycles. The number of fused-ring (bicyclic) bond motifs is 2. The van der Waals surface area contributed by atoms with Crippen molar-refractivity contribution in [1.29, 1.82) is 0 Å². The molecule has 39 heavy (non-hydrogen) atoms. The van der Waals surface area contributed by atoms with Crippen LogP contribution in [-0.2, 0) is 39.0 Å². The van der Waals surface area contributed by atoms with E-state index in [0.717, 1.165) is 0 Å². The topological polar surface area (TPSA) is 17.6 Å². The van der Waals surface area contributed by atoms with Crippen LogP contribution in [-0.4, -0.2) is 9.13 Å². The second kappa shape index (κ2) is 8.81. The van der Waals surface area contributed by atoms with Crippen LogP contribution in [0, 0.1) is 20.8 Å². The number of aromatic nitrogens is 4. The molecule has 0 spiro atoms. The predicted octanol–water partition coefficient (Wildman–Crippen LogP) is 7.17. The zero-order chi connectivity index (χ0) is 28.8. The van der Waals surface area contributed by atoms with E-state index in [1.165, 1.54) is 72.7 Å². The van der Waals surface area contributed by atoms with Gasteiger partial charge in [-0.1, -0.05) is 26.8 Å². The minimum atomic E-state index is 0.0644. The molecule has 5 aromatic rings. The van der Waals surface area contributed by atoms with Crippen molar-refractivity contribution in [3.63, 3.8) is 0 Å². The van der Waals surface area contributed by atoms with Gasteiger partial charge < -0.3 is 0 Å². The van der Waals surface area contributed by atoms with E-state index in [4.69, 9.17) is 0 Å². The van der Waals surface area contributed by atoms with Gasteiger partial charge in [0.25, 0.3) is 11.6 Å². The molecule has 2 aromatic heterocycles. The summed E-state index contributed by atoms with van der Waals surface area (Å²) in [5.41, 5.74) is 14.6. The Bertz CT molecular complexity index is 1780. The molecule has 0 amide bonds. The number of nitrogens with zero attached hydrogens (tertiary/aromatic N) is 4. The molecule has 0 radical (unpaired) electrons. The third kappa shape index (κ3) is 4.11. The van der Waals surface area contributed by atoms with Crippen LogP contribution in [0.15, 0.2) is 42.5 Å². The molecule has 204 valence electrons. The summed E-state index contributed by atoms with van der Waals surface area (Å²) < 4.78 is 9.44. The Kier molecular flexibility index (Phi) is 6.14. The van der Waals surface area contributed by atoms with Crippen LogP contribution in [0.3, 0.4) is 0 Å². The minimum absolute atomic E-state index is 0.0644. The maximum Gasteiger partial charge on any atom is 0.289 e. The fourth-order valence-electron chi connectivity index (χ4n) is 7.44. The summed E-state index contributed by atoms with van der Waals surface area (Å²) in [6, 6.07) is 16.2. The van der Waals surface area contributed by atoms with Crippen LogP contribution in [0.25, 0.3) is 44.6 Å². The molecule has 2 heterocycles. The van der Waals surface area contributed by atoms with E-state index in [0.29, 0.717) is 0 Å². The van der Waals surface area contributed by atoms with E-state index in [9.17, 15) is 0 Å². The number of hydrogen-bond acceptors (Lipinski definition) is 0. The first kappa shape index (κ1) is 27.2. The van der Waals surface area contributed by atoms with Crippen molar-refractivity contribution >= 4 is 22.1 Å². The van der Waals surface area contributed by atoms with E-state index in [1.807, 2.05) is 0 Å². The van der Waals surface area contributed by atoms with Gasteiger partial charge in [-0.15, -0.1) is 0 Å². The average molecular weight is 523 g/mol. The van der Waals surface area contributed by atoms with Crippen molar-refractivity contribution in [3.05, 3.63) is 70.5 Å². The minimum Gasteiger partial charge on any atom is -0.230 e. The summed E-state index contributed by atoms with van der Waals surface area (Å²) in [6.45, 7) is 20.6. The smallest absolute Gasteiger partial charge is 0.230 e. The summed E-state index contributed by atoms with van der Waals surface area (Å²) in [7, 11) is 8.79. The molecule has 0 saturated carbocycles. The van der Waals surface area contributed by atoms with Crippen molar-refractivity contribution in [3.8, 4) is 22.5 Å². The number of hydrogen-bond donors (Lipinski definition) is 0. The van der Waals surface area contributed by atoms with Crippen molar-refractivity contribution in [2.45, 2.75) is 73.1 Å². The van der Waals surface area contributed by atoms with E-state index < -0.39 is 0 Å². The Balaban J connectivity index is 1.71. The van der Waals surface area contributed by atoms with Gasteiger partial charge in [0.15, 0.2) is 22.1 Å². The second-order valence-corrected chi connectivity index (χ2v) is 13.7. The highest BCUT2D eigenvalue weighted by molar-refractivity contribution is 5.86. The standard InChI is InChI=1S/C35H46N4/c1-21-18-22(2)31(34(4,5)6)23(3)30(21)32-36(10)26-16-14-24(19-28(26)37(32)11)25-15-17-27-29(20-25)39(13)33(38(27)12)35(7,8)9/h14-20H,1-13H3/q+2. The maximum atomic E-state index is 2.38. The van der Waals surface area contributed by atoms with Gasteiger partial charge in [0, 0.05) is 0 Å². The second-order valence-electron chi connectivity index (χ2n) is 13.7. The van der Waals surface area contributed by atoms with Crippen LogP contribution < -0.4 is 9.13 Å². The molecule has 0 N–H and O–H groups in total. The first-order chi connectivity index (χ1) is 18.0. The van der Waals surface area contributed by atoms with Crippen molar-refractivity contribution in [1.82, 2.24) is 9.13 Å². The summed E-state index contributed by atoms with van der Waals surface area (Å²) in [5, 5.41) is 0. The fraction of sp³-hybridized carbons (Fsp3) is 0.429. The van der Waals surface area contributed by atoms with Gasteiger partial charge in [-0.05, 0) is 117 Å². The Hall–Kier alpha value is -3.40. The predicted molar refractivity (Wildman–Crippen MR) is 164 cm³/mol. The SMILES string of the molecule is Cc1cc(C)c(C(C)(C)C)c(C)c1-c1n(C)c2cc(-c3ccc4c(c3)n(C)c(C(C)(C)C)[n+]4C)ccc2[n+]1C. The third-order valence-electron chi connectivity index (χ3n) is 8.62. The Morgan fingerprint density at radius 2 is 1.13 bits per heavy atom. The Morgan fingerprint density at radius 3 is 1.64 bits per heavy atom. The fourth-order valence-corrected chi connectivity index (χ4v) is 7.44. The van der Waals surface area contributed by atoms with E-state index >= 15 is 0 Å². The van der Waals surface area contributed by atoms with Gasteiger partial charge in [0.1, 0.15) is 0 Å². The lowest BCUT2D eigenvalue weighted by molar-refractivity contribution is -0.657. The first-order valence-corrected chi connectivity index (χ1v) is 14.1. The van der Waals surface area contributed by atoms with Crippen LogP contribution in [0.4, 0.5) is 0 Å². The summed E-state index contributed by atoms with van der Waals surface area (Å²) in [6.07, 6.45) is 0. The number of rotatable bonds is 2. The molecule has 0 fully saturated rings. The molecule has 4 nitrogen and oxygen atoms in total. The van der Waals surface area contributed by atoms with Gasteiger partial charge in [0.2, 0.25) is 0 Å². The molecule has 5 rings (SSSR count).